The van der Waals surface area contributed by atoms with E-state index in [4.69, 9.17) is 4.74 Å². The zero-order chi connectivity index (χ0) is 20.2. The van der Waals surface area contributed by atoms with Crippen molar-refractivity contribution < 1.29 is 14.3 Å². The zero-order valence-electron chi connectivity index (χ0n) is 16.2. The number of thiazole rings is 1. The van der Waals surface area contributed by atoms with Crippen LogP contribution in [-0.2, 0) is 27.2 Å². The maximum atomic E-state index is 12.6. The highest BCUT2D eigenvalue weighted by Crippen LogP contribution is 2.33. The highest BCUT2D eigenvalue weighted by molar-refractivity contribution is 7.20. The number of rotatable bonds is 6. The molecule has 2 aromatic heterocycles. The number of ether oxygens (including phenoxy) is 1. The number of likely N-dealkylation sites (N-methyl/N-ethyl adjacent to an activating group) is 1. The number of aryl methyl sites for hydroxylation is 1. The van der Waals surface area contributed by atoms with E-state index in [1.807, 2.05) is 35.0 Å². The third-order valence-corrected chi connectivity index (χ3v) is 7.09. The molecule has 2 heterocycles. The van der Waals surface area contributed by atoms with Crippen LogP contribution in [0.4, 0.5) is 0 Å². The Morgan fingerprint density at radius 3 is 2.90 bits per heavy atom. The molecular weight excluding hydrogens is 404 g/mol. The summed E-state index contributed by atoms with van der Waals surface area (Å²) >= 11 is 3.12. The van der Waals surface area contributed by atoms with Gasteiger partial charge in [-0.3, -0.25) is 9.59 Å². The molecule has 7 heteroatoms. The first-order valence-electron chi connectivity index (χ1n) is 9.59. The summed E-state index contributed by atoms with van der Waals surface area (Å²) in [5.41, 5.74) is 3.17. The molecule has 3 aromatic rings. The Bertz CT molecular complexity index is 997. The molecule has 0 radical (unpaired) electrons. The quantitative estimate of drug-likeness (QED) is 0.545. The van der Waals surface area contributed by atoms with E-state index < -0.39 is 5.97 Å². The maximum absolute atomic E-state index is 12.6. The normalized spacial score (nSPS) is 15.6. The van der Waals surface area contributed by atoms with Crippen LogP contribution in [0.15, 0.2) is 47.2 Å². The van der Waals surface area contributed by atoms with Gasteiger partial charge >= 0.3 is 5.97 Å². The second kappa shape index (κ2) is 8.88. The highest BCUT2D eigenvalue weighted by atomic mass is 32.1. The molecule has 1 unspecified atom stereocenters. The molecule has 0 saturated heterocycles. The van der Waals surface area contributed by atoms with Crippen LogP contribution in [0.5, 0.6) is 0 Å². The lowest BCUT2D eigenvalue weighted by Gasteiger charge is -2.33. The molecule has 0 aliphatic heterocycles. The van der Waals surface area contributed by atoms with Gasteiger partial charge in [-0.05, 0) is 41.8 Å². The molecule has 0 bridgehead atoms. The van der Waals surface area contributed by atoms with Crippen molar-refractivity contribution in [3.63, 3.8) is 0 Å². The van der Waals surface area contributed by atoms with E-state index in [1.54, 1.807) is 23.3 Å². The van der Waals surface area contributed by atoms with Gasteiger partial charge in [0.1, 0.15) is 5.01 Å². The van der Waals surface area contributed by atoms with Crippen LogP contribution in [0.2, 0.25) is 0 Å². The van der Waals surface area contributed by atoms with Gasteiger partial charge in [-0.25, -0.2) is 4.98 Å². The van der Waals surface area contributed by atoms with Crippen LogP contribution in [-0.4, -0.2) is 35.4 Å². The fourth-order valence-corrected chi connectivity index (χ4v) is 5.28. The lowest BCUT2D eigenvalue weighted by Crippen LogP contribution is -2.36. The van der Waals surface area contributed by atoms with Gasteiger partial charge in [0.2, 0.25) is 0 Å². The van der Waals surface area contributed by atoms with Crippen LogP contribution in [0.1, 0.15) is 35.7 Å². The number of carbonyl (C=O) groups excluding carboxylic acids is 2. The number of aromatic nitrogens is 1. The van der Waals surface area contributed by atoms with Crippen LogP contribution in [0, 0.1) is 0 Å². The van der Waals surface area contributed by atoms with Gasteiger partial charge in [0.05, 0.1) is 23.0 Å². The summed E-state index contributed by atoms with van der Waals surface area (Å²) in [7, 11) is 1.79. The molecule has 4 rings (SSSR count). The molecule has 0 spiro atoms. The average Bonchev–Trinajstić information content (AvgIpc) is 3.43. The second-order valence-corrected chi connectivity index (χ2v) is 8.88. The average molecular weight is 427 g/mol. The van der Waals surface area contributed by atoms with Gasteiger partial charge in [-0.2, -0.15) is 0 Å². The number of nitrogens with zero attached hydrogens (tertiary/aromatic N) is 2. The predicted octanol–water partition coefficient (Wildman–Crippen LogP) is 4.49. The Kier molecular flexibility index (Phi) is 6.06. The molecule has 1 amide bonds. The number of carbonyl (C=O) groups is 2. The number of esters is 1. The maximum Gasteiger partial charge on any atom is 0.312 e. The Balaban J connectivity index is 1.31. The summed E-state index contributed by atoms with van der Waals surface area (Å²) in [4.78, 5) is 32.1. The third-order valence-electron chi connectivity index (χ3n) is 5.16. The molecule has 1 aromatic carbocycles. The molecule has 0 N–H and O–H groups in total. The minimum atomic E-state index is -0.432. The fraction of sp³-hybridized carbons (Fsp3) is 0.318. The summed E-state index contributed by atoms with van der Waals surface area (Å²) < 4.78 is 5.24. The summed E-state index contributed by atoms with van der Waals surface area (Å²) in [5.74, 6) is -0.614. The van der Waals surface area contributed by atoms with Gasteiger partial charge in [0.25, 0.3) is 5.91 Å². The molecule has 1 atom stereocenters. The standard InChI is InChI=1S/C22H22N2O3S2/c1-24(18-9-4-7-15-6-2-3-8-17(15)18)20(25)13-27-21(26)12-16-14-29-22(23-16)19-10-5-11-28-19/h2-3,5-6,8,10-11,14,18H,4,7,9,12-13H2,1H3. The monoisotopic (exact) mass is 426 g/mol. The van der Waals surface area contributed by atoms with E-state index >= 15 is 0 Å². The smallest absolute Gasteiger partial charge is 0.312 e. The molecule has 5 nitrogen and oxygen atoms in total. The molecule has 1 aliphatic carbocycles. The number of amides is 1. The Labute approximate surface area is 178 Å². The summed E-state index contributed by atoms with van der Waals surface area (Å²) in [6.45, 7) is -0.240. The zero-order valence-corrected chi connectivity index (χ0v) is 17.8. The van der Waals surface area contributed by atoms with E-state index in [0.29, 0.717) is 5.69 Å². The lowest BCUT2D eigenvalue weighted by molar-refractivity contribution is -0.152. The highest BCUT2D eigenvalue weighted by Gasteiger charge is 2.27. The first-order valence-corrected chi connectivity index (χ1v) is 11.3. The number of benzene rings is 1. The molecule has 0 saturated carbocycles. The SMILES string of the molecule is CN(C(=O)COC(=O)Cc1csc(-c2cccs2)n1)C1CCCc2ccccc21. The van der Waals surface area contributed by atoms with E-state index in [2.05, 4.69) is 17.1 Å². The second-order valence-electron chi connectivity index (χ2n) is 7.07. The lowest BCUT2D eigenvalue weighted by atomic mass is 9.87. The van der Waals surface area contributed by atoms with Crippen molar-refractivity contribution in [2.45, 2.75) is 31.7 Å². The van der Waals surface area contributed by atoms with Crippen LogP contribution >= 0.6 is 22.7 Å². The van der Waals surface area contributed by atoms with Crippen molar-refractivity contribution >= 4 is 34.6 Å². The summed E-state index contributed by atoms with van der Waals surface area (Å²) in [5, 5.41) is 4.76. The Hall–Kier alpha value is -2.51. The largest absolute Gasteiger partial charge is 0.455 e. The minimum Gasteiger partial charge on any atom is -0.455 e. The molecule has 0 fully saturated rings. The van der Waals surface area contributed by atoms with Crippen molar-refractivity contribution in [2.24, 2.45) is 0 Å². The van der Waals surface area contributed by atoms with Crippen LogP contribution < -0.4 is 0 Å². The van der Waals surface area contributed by atoms with Crippen molar-refractivity contribution in [1.82, 2.24) is 9.88 Å². The fourth-order valence-electron chi connectivity index (χ4n) is 3.65. The van der Waals surface area contributed by atoms with Crippen LogP contribution in [0.3, 0.4) is 0 Å². The van der Waals surface area contributed by atoms with Crippen molar-refractivity contribution in [3.8, 4) is 9.88 Å². The number of hydrogen-bond acceptors (Lipinski definition) is 6. The van der Waals surface area contributed by atoms with E-state index in [-0.39, 0.29) is 25.0 Å². The van der Waals surface area contributed by atoms with E-state index in [1.165, 1.54) is 22.5 Å². The van der Waals surface area contributed by atoms with Gasteiger partial charge < -0.3 is 9.64 Å². The first-order chi connectivity index (χ1) is 14.1. The number of hydrogen-bond donors (Lipinski definition) is 0. The third kappa shape index (κ3) is 4.57. The van der Waals surface area contributed by atoms with Crippen molar-refractivity contribution in [1.29, 1.82) is 0 Å². The summed E-state index contributed by atoms with van der Waals surface area (Å²) in [6, 6.07) is 12.3. The topological polar surface area (TPSA) is 59.5 Å². The molecular formula is C22H22N2O3S2. The van der Waals surface area contributed by atoms with Crippen LogP contribution in [0.25, 0.3) is 9.88 Å². The van der Waals surface area contributed by atoms with E-state index in [0.717, 1.165) is 29.1 Å². The molecule has 1 aliphatic rings. The van der Waals surface area contributed by atoms with Crippen molar-refractivity contribution in [3.05, 3.63) is 64.0 Å². The summed E-state index contributed by atoms with van der Waals surface area (Å²) in [6.07, 6.45) is 3.10. The van der Waals surface area contributed by atoms with Crippen molar-refractivity contribution in [2.75, 3.05) is 13.7 Å². The van der Waals surface area contributed by atoms with Gasteiger partial charge in [-0.15, -0.1) is 22.7 Å². The predicted molar refractivity (Wildman–Crippen MR) is 115 cm³/mol. The Morgan fingerprint density at radius 2 is 2.07 bits per heavy atom. The van der Waals surface area contributed by atoms with Gasteiger partial charge in [-0.1, -0.05) is 30.3 Å². The van der Waals surface area contributed by atoms with Gasteiger partial charge in [0, 0.05) is 12.4 Å². The minimum absolute atomic E-state index is 0.0399. The molecule has 29 heavy (non-hydrogen) atoms. The number of thiophene rings is 1. The Morgan fingerprint density at radius 1 is 1.21 bits per heavy atom. The first kappa shape index (κ1) is 19.8. The number of fused-ring (bicyclic) bond motifs is 1. The molecule has 150 valence electrons. The van der Waals surface area contributed by atoms with E-state index in [9.17, 15) is 9.59 Å². The van der Waals surface area contributed by atoms with Gasteiger partial charge in [0.15, 0.2) is 6.61 Å².